The average Bonchev–Trinajstić information content (AvgIpc) is 2.73. The third-order valence-corrected chi connectivity index (χ3v) is 6.01. The SMILES string of the molecule is O=C1C(CC[C@H](O)c2ccc(F)cc2)C(c2cccc(Br)c2)N1c1ccc(F)cc1. The zero-order chi connectivity index (χ0) is 21.3. The molecular formula is C24H20BrF2NO2. The smallest absolute Gasteiger partial charge is 0.233 e. The van der Waals surface area contributed by atoms with E-state index in [1.807, 2.05) is 24.3 Å². The van der Waals surface area contributed by atoms with Crippen molar-refractivity contribution in [2.45, 2.75) is 25.0 Å². The lowest BCUT2D eigenvalue weighted by Crippen LogP contribution is -2.55. The third kappa shape index (κ3) is 4.16. The summed E-state index contributed by atoms with van der Waals surface area (Å²) in [6.45, 7) is 0. The second-order valence-corrected chi connectivity index (χ2v) is 8.35. The number of hydrogen-bond donors (Lipinski definition) is 1. The number of amides is 1. The maximum Gasteiger partial charge on any atom is 0.233 e. The second kappa shape index (κ2) is 8.66. The van der Waals surface area contributed by atoms with Crippen molar-refractivity contribution >= 4 is 27.5 Å². The molecule has 4 rings (SSSR count). The fourth-order valence-electron chi connectivity index (χ4n) is 3.98. The van der Waals surface area contributed by atoms with Crippen LogP contribution in [0.2, 0.25) is 0 Å². The lowest BCUT2D eigenvalue weighted by atomic mass is 9.78. The fraction of sp³-hybridized carbons (Fsp3) is 0.208. The van der Waals surface area contributed by atoms with E-state index in [0.29, 0.717) is 24.1 Å². The molecule has 6 heteroatoms. The van der Waals surface area contributed by atoms with Gasteiger partial charge in [0.15, 0.2) is 0 Å². The minimum absolute atomic E-state index is 0.0575. The summed E-state index contributed by atoms with van der Waals surface area (Å²) in [7, 11) is 0. The maximum atomic E-state index is 13.4. The summed E-state index contributed by atoms with van der Waals surface area (Å²) in [5, 5.41) is 10.5. The standard InChI is InChI=1S/C24H20BrF2NO2/c25-17-3-1-2-16(14-17)23-21(12-13-22(29)15-4-6-18(26)7-5-15)24(30)28(23)20-10-8-19(27)9-11-20/h1-11,14,21-23,29H,12-13H2/t21?,22-,23?/m0/s1. The average molecular weight is 472 g/mol. The van der Waals surface area contributed by atoms with Crippen molar-refractivity contribution in [3.63, 3.8) is 0 Å². The van der Waals surface area contributed by atoms with Crippen LogP contribution in [0.3, 0.4) is 0 Å². The topological polar surface area (TPSA) is 40.5 Å². The van der Waals surface area contributed by atoms with Crippen LogP contribution in [0.5, 0.6) is 0 Å². The van der Waals surface area contributed by atoms with Gasteiger partial charge >= 0.3 is 0 Å². The molecule has 1 amide bonds. The molecule has 2 unspecified atom stereocenters. The van der Waals surface area contributed by atoms with E-state index in [1.165, 1.54) is 24.3 Å². The summed E-state index contributed by atoms with van der Waals surface area (Å²) in [5.74, 6) is -1.08. The molecule has 3 aromatic carbocycles. The zero-order valence-electron chi connectivity index (χ0n) is 16.0. The normalized spacial score (nSPS) is 19.5. The first-order chi connectivity index (χ1) is 14.4. The molecule has 1 aliphatic rings. The van der Waals surface area contributed by atoms with Gasteiger partial charge in [-0.15, -0.1) is 0 Å². The Balaban J connectivity index is 1.56. The summed E-state index contributed by atoms with van der Waals surface area (Å²) >= 11 is 3.48. The Labute approximate surface area is 182 Å². The van der Waals surface area contributed by atoms with Gasteiger partial charge in [0.1, 0.15) is 11.6 Å². The van der Waals surface area contributed by atoms with Gasteiger partial charge in [0, 0.05) is 10.2 Å². The Hall–Kier alpha value is -2.57. The predicted octanol–water partition coefficient (Wildman–Crippen LogP) is 5.95. The molecule has 30 heavy (non-hydrogen) atoms. The van der Waals surface area contributed by atoms with Gasteiger partial charge in [0.2, 0.25) is 5.91 Å². The molecule has 0 radical (unpaired) electrons. The number of carbonyl (C=O) groups is 1. The molecule has 0 bridgehead atoms. The van der Waals surface area contributed by atoms with Gasteiger partial charge in [-0.3, -0.25) is 4.79 Å². The summed E-state index contributed by atoms with van der Waals surface area (Å²) in [5.41, 5.74) is 2.23. The van der Waals surface area contributed by atoms with Gasteiger partial charge < -0.3 is 10.0 Å². The molecule has 0 spiro atoms. The van der Waals surface area contributed by atoms with Gasteiger partial charge in [-0.2, -0.15) is 0 Å². The molecule has 0 saturated carbocycles. The maximum absolute atomic E-state index is 13.4. The van der Waals surface area contributed by atoms with Crippen molar-refractivity contribution in [3.8, 4) is 0 Å². The summed E-state index contributed by atoms with van der Waals surface area (Å²) in [4.78, 5) is 14.7. The van der Waals surface area contributed by atoms with Crippen molar-refractivity contribution in [3.05, 3.63) is 100 Å². The van der Waals surface area contributed by atoms with Crippen LogP contribution in [-0.2, 0) is 4.79 Å². The number of aliphatic hydroxyl groups is 1. The fourth-order valence-corrected chi connectivity index (χ4v) is 4.40. The highest BCUT2D eigenvalue weighted by molar-refractivity contribution is 9.10. The molecule has 1 saturated heterocycles. The van der Waals surface area contributed by atoms with Crippen LogP contribution >= 0.6 is 15.9 Å². The number of anilines is 1. The molecule has 3 aromatic rings. The number of benzene rings is 3. The summed E-state index contributed by atoms with van der Waals surface area (Å²) < 4.78 is 27.4. The number of aliphatic hydroxyl groups excluding tert-OH is 1. The molecule has 0 aliphatic carbocycles. The molecule has 154 valence electrons. The highest BCUT2D eigenvalue weighted by Crippen LogP contribution is 2.46. The Morgan fingerprint density at radius 2 is 1.60 bits per heavy atom. The number of β-lactam (4-membered cyclic amide) rings is 1. The molecule has 1 heterocycles. The Bertz CT molecular complexity index is 1040. The number of halogens is 3. The quantitative estimate of drug-likeness (QED) is 0.451. The lowest BCUT2D eigenvalue weighted by molar-refractivity contribution is -0.131. The lowest BCUT2D eigenvalue weighted by Gasteiger charge is -2.48. The minimum Gasteiger partial charge on any atom is -0.388 e. The molecular weight excluding hydrogens is 452 g/mol. The largest absolute Gasteiger partial charge is 0.388 e. The molecule has 3 nitrogen and oxygen atoms in total. The molecule has 3 atom stereocenters. The zero-order valence-corrected chi connectivity index (χ0v) is 17.6. The van der Waals surface area contributed by atoms with Crippen LogP contribution in [-0.4, -0.2) is 11.0 Å². The first-order valence-corrected chi connectivity index (χ1v) is 10.5. The first-order valence-electron chi connectivity index (χ1n) is 9.71. The van der Waals surface area contributed by atoms with Crippen molar-refractivity contribution in [1.29, 1.82) is 0 Å². The third-order valence-electron chi connectivity index (χ3n) is 5.51. The van der Waals surface area contributed by atoms with E-state index >= 15 is 0 Å². The van der Waals surface area contributed by atoms with E-state index in [2.05, 4.69) is 15.9 Å². The summed E-state index contributed by atoms with van der Waals surface area (Å²) in [6.07, 6.45) is 0.0807. The van der Waals surface area contributed by atoms with Gasteiger partial charge in [0.05, 0.1) is 18.1 Å². The van der Waals surface area contributed by atoms with E-state index in [0.717, 1.165) is 10.0 Å². The first kappa shape index (κ1) is 20.7. The number of rotatable bonds is 6. The number of hydrogen-bond acceptors (Lipinski definition) is 2. The van der Waals surface area contributed by atoms with Gasteiger partial charge in [-0.25, -0.2) is 8.78 Å². The van der Waals surface area contributed by atoms with Crippen molar-refractivity contribution in [1.82, 2.24) is 0 Å². The van der Waals surface area contributed by atoms with Crippen molar-refractivity contribution in [2.24, 2.45) is 5.92 Å². The highest BCUT2D eigenvalue weighted by atomic mass is 79.9. The molecule has 1 N–H and O–H groups in total. The predicted molar refractivity (Wildman–Crippen MR) is 115 cm³/mol. The van der Waals surface area contributed by atoms with E-state index in [1.54, 1.807) is 29.2 Å². The summed E-state index contributed by atoms with van der Waals surface area (Å²) in [6, 6.07) is 19.2. The minimum atomic E-state index is -0.776. The van der Waals surface area contributed by atoms with Crippen LogP contribution < -0.4 is 4.90 Å². The van der Waals surface area contributed by atoms with Gasteiger partial charge in [0.25, 0.3) is 0 Å². The van der Waals surface area contributed by atoms with E-state index in [4.69, 9.17) is 0 Å². The Morgan fingerprint density at radius 1 is 0.967 bits per heavy atom. The highest BCUT2D eigenvalue weighted by Gasteiger charge is 2.48. The number of nitrogens with zero attached hydrogens (tertiary/aromatic N) is 1. The van der Waals surface area contributed by atoms with Gasteiger partial charge in [-0.05, 0) is 72.5 Å². The monoisotopic (exact) mass is 471 g/mol. The van der Waals surface area contributed by atoms with Crippen LogP contribution in [0.4, 0.5) is 14.5 Å². The van der Waals surface area contributed by atoms with Crippen LogP contribution in [0.25, 0.3) is 0 Å². The van der Waals surface area contributed by atoms with Crippen LogP contribution in [0.1, 0.15) is 36.1 Å². The van der Waals surface area contributed by atoms with E-state index in [9.17, 15) is 18.7 Å². The van der Waals surface area contributed by atoms with Crippen molar-refractivity contribution in [2.75, 3.05) is 4.90 Å². The Kier molecular flexibility index (Phi) is 5.97. The molecule has 0 aromatic heterocycles. The van der Waals surface area contributed by atoms with E-state index < -0.39 is 6.10 Å². The number of carbonyl (C=O) groups excluding carboxylic acids is 1. The van der Waals surface area contributed by atoms with Crippen molar-refractivity contribution < 1.29 is 18.7 Å². The molecule has 1 aliphatic heterocycles. The van der Waals surface area contributed by atoms with Crippen LogP contribution in [0.15, 0.2) is 77.3 Å². The Morgan fingerprint density at radius 3 is 2.23 bits per heavy atom. The second-order valence-electron chi connectivity index (χ2n) is 7.44. The van der Waals surface area contributed by atoms with Crippen LogP contribution in [0, 0.1) is 17.6 Å². The van der Waals surface area contributed by atoms with E-state index in [-0.39, 0.29) is 29.5 Å². The van der Waals surface area contributed by atoms with Gasteiger partial charge in [-0.1, -0.05) is 40.2 Å². The molecule has 1 fully saturated rings.